The van der Waals surface area contributed by atoms with Gasteiger partial charge in [0.15, 0.2) is 0 Å². The molecular weight excluding hydrogens is 272 g/mol. The lowest BCUT2D eigenvalue weighted by atomic mass is 10.1. The molecule has 0 aliphatic carbocycles. The quantitative estimate of drug-likeness (QED) is 0.851. The molecule has 0 aromatic carbocycles. The van der Waals surface area contributed by atoms with Gasteiger partial charge in [0.25, 0.3) is 0 Å². The number of rotatable bonds is 3. The first-order valence-corrected chi connectivity index (χ1v) is 6.90. The molecule has 1 aliphatic heterocycles. The predicted molar refractivity (Wildman–Crippen MR) is 71.5 cm³/mol. The van der Waals surface area contributed by atoms with Gasteiger partial charge in [0.2, 0.25) is 11.8 Å². The molecule has 1 atom stereocenters. The Morgan fingerprint density at radius 2 is 2.33 bits per heavy atom. The maximum absolute atomic E-state index is 12.2. The van der Waals surface area contributed by atoms with Crippen LogP contribution in [-0.4, -0.2) is 42.3 Å². The van der Waals surface area contributed by atoms with Crippen molar-refractivity contribution in [2.75, 3.05) is 20.6 Å². The Balaban J connectivity index is 1.95. The number of likely N-dealkylation sites (tertiary alicyclic amines) is 1. The molecule has 2 amide bonds. The minimum absolute atomic E-state index is 0.0252. The summed E-state index contributed by atoms with van der Waals surface area (Å²) >= 11 is 7.32. The van der Waals surface area contributed by atoms with E-state index in [0.717, 1.165) is 9.21 Å². The average molecular weight is 287 g/mol. The van der Waals surface area contributed by atoms with Gasteiger partial charge in [-0.25, -0.2) is 0 Å². The molecule has 6 heteroatoms. The summed E-state index contributed by atoms with van der Waals surface area (Å²) in [4.78, 5) is 27.9. The van der Waals surface area contributed by atoms with Gasteiger partial charge in [0.1, 0.15) is 0 Å². The van der Waals surface area contributed by atoms with Gasteiger partial charge in [0, 0.05) is 31.9 Å². The van der Waals surface area contributed by atoms with E-state index in [1.165, 1.54) is 11.3 Å². The summed E-state index contributed by atoms with van der Waals surface area (Å²) < 4.78 is 0.724. The fourth-order valence-corrected chi connectivity index (χ4v) is 3.23. The first-order valence-electron chi connectivity index (χ1n) is 5.70. The Bertz CT molecular complexity index is 474. The lowest BCUT2D eigenvalue weighted by Gasteiger charge is -2.19. The molecule has 1 aromatic heterocycles. The van der Waals surface area contributed by atoms with Crippen molar-refractivity contribution in [3.63, 3.8) is 0 Å². The first kappa shape index (κ1) is 13.4. The van der Waals surface area contributed by atoms with Crippen molar-refractivity contribution in [2.24, 2.45) is 5.92 Å². The third-order valence-corrected chi connectivity index (χ3v) is 4.30. The normalized spacial score (nSPS) is 19.4. The molecule has 0 radical (unpaired) electrons. The van der Waals surface area contributed by atoms with Gasteiger partial charge in [-0.05, 0) is 12.1 Å². The summed E-state index contributed by atoms with van der Waals surface area (Å²) in [5, 5.41) is 0. The molecule has 2 rings (SSSR count). The molecule has 2 heterocycles. The van der Waals surface area contributed by atoms with Gasteiger partial charge in [-0.3, -0.25) is 9.59 Å². The highest BCUT2D eigenvalue weighted by Crippen LogP contribution is 2.24. The highest BCUT2D eigenvalue weighted by molar-refractivity contribution is 7.16. The van der Waals surface area contributed by atoms with E-state index in [1.807, 2.05) is 12.1 Å². The average Bonchev–Trinajstić information content (AvgIpc) is 2.85. The number of carbonyl (C=O) groups excluding carboxylic acids is 2. The van der Waals surface area contributed by atoms with E-state index in [2.05, 4.69) is 0 Å². The second-order valence-corrected chi connectivity index (χ2v) is 6.38. The van der Waals surface area contributed by atoms with Gasteiger partial charge in [-0.1, -0.05) is 11.6 Å². The monoisotopic (exact) mass is 286 g/mol. The van der Waals surface area contributed by atoms with Crippen LogP contribution in [0.4, 0.5) is 0 Å². The lowest BCUT2D eigenvalue weighted by molar-refractivity contribution is -0.135. The van der Waals surface area contributed by atoms with E-state index in [4.69, 9.17) is 11.6 Å². The summed E-state index contributed by atoms with van der Waals surface area (Å²) in [5.41, 5.74) is 0. The molecule has 1 aliphatic rings. The van der Waals surface area contributed by atoms with Crippen LogP contribution >= 0.6 is 22.9 Å². The lowest BCUT2D eigenvalue weighted by Crippen LogP contribution is -2.33. The molecule has 18 heavy (non-hydrogen) atoms. The van der Waals surface area contributed by atoms with Crippen molar-refractivity contribution in [3.05, 3.63) is 21.3 Å². The van der Waals surface area contributed by atoms with Crippen LogP contribution in [0.1, 0.15) is 11.3 Å². The third kappa shape index (κ3) is 2.84. The maximum atomic E-state index is 12.2. The fraction of sp³-hybridized carbons (Fsp3) is 0.500. The minimum Gasteiger partial charge on any atom is -0.345 e. The van der Waals surface area contributed by atoms with E-state index in [-0.39, 0.29) is 17.7 Å². The molecule has 1 saturated heterocycles. The Hall–Kier alpha value is -1.07. The van der Waals surface area contributed by atoms with Crippen molar-refractivity contribution in [1.29, 1.82) is 0 Å². The van der Waals surface area contributed by atoms with Crippen molar-refractivity contribution < 1.29 is 9.59 Å². The zero-order valence-electron chi connectivity index (χ0n) is 10.4. The van der Waals surface area contributed by atoms with E-state index in [1.54, 1.807) is 23.9 Å². The molecular formula is C12H15ClN2O2S. The second kappa shape index (κ2) is 5.28. The van der Waals surface area contributed by atoms with Gasteiger partial charge in [-0.15, -0.1) is 11.3 Å². The van der Waals surface area contributed by atoms with Crippen molar-refractivity contribution >= 4 is 34.8 Å². The van der Waals surface area contributed by atoms with Gasteiger partial charge < -0.3 is 9.80 Å². The highest BCUT2D eigenvalue weighted by atomic mass is 35.5. The number of carbonyl (C=O) groups is 2. The molecule has 98 valence electrons. The van der Waals surface area contributed by atoms with E-state index < -0.39 is 0 Å². The molecule has 1 aromatic rings. The van der Waals surface area contributed by atoms with Gasteiger partial charge in [-0.2, -0.15) is 0 Å². The first-order chi connectivity index (χ1) is 8.47. The van der Waals surface area contributed by atoms with Crippen LogP contribution < -0.4 is 0 Å². The molecule has 0 bridgehead atoms. The number of thiophene rings is 1. The largest absolute Gasteiger partial charge is 0.345 e. The van der Waals surface area contributed by atoms with Crippen LogP contribution in [-0.2, 0) is 16.1 Å². The Labute approximate surface area is 115 Å². The molecule has 1 fully saturated rings. The van der Waals surface area contributed by atoms with Crippen LogP contribution in [0.2, 0.25) is 4.34 Å². The predicted octanol–water partition coefficient (Wildman–Crippen LogP) is 1.84. The fourth-order valence-electron chi connectivity index (χ4n) is 2.09. The van der Waals surface area contributed by atoms with Gasteiger partial charge in [0.05, 0.1) is 16.8 Å². The summed E-state index contributed by atoms with van der Waals surface area (Å²) in [7, 11) is 3.49. The maximum Gasteiger partial charge on any atom is 0.228 e. The zero-order valence-corrected chi connectivity index (χ0v) is 11.9. The molecule has 0 saturated carbocycles. The topological polar surface area (TPSA) is 40.6 Å². The molecule has 0 unspecified atom stereocenters. The number of amides is 2. The Morgan fingerprint density at radius 3 is 2.83 bits per heavy atom. The molecule has 0 spiro atoms. The van der Waals surface area contributed by atoms with Crippen LogP contribution in [0.5, 0.6) is 0 Å². The van der Waals surface area contributed by atoms with Crippen molar-refractivity contribution in [3.8, 4) is 0 Å². The number of hydrogen-bond donors (Lipinski definition) is 0. The summed E-state index contributed by atoms with van der Waals surface area (Å²) in [6, 6.07) is 3.75. The van der Waals surface area contributed by atoms with E-state index >= 15 is 0 Å². The standard InChI is InChI=1S/C12H15ClN2O2S/c1-14-6-8(5-11(14)16)12(17)15(2)7-9-3-4-10(13)18-9/h3-4,8H,5-7H2,1-2H3/t8-/m1/s1. The van der Waals surface area contributed by atoms with Crippen molar-refractivity contribution in [2.45, 2.75) is 13.0 Å². The Morgan fingerprint density at radius 1 is 1.61 bits per heavy atom. The number of halogens is 1. The highest BCUT2D eigenvalue weighted by Gasteiger charge is 2.33. The van der Waals surface area contributed by atoms with Crippen LogP contribution in [0.15, 0.2) is 12.1 Å². The third-order valence-electron chi connectivity index (χ3n) is 3.09. The summed E-state index contributed by atoms with van der Waals surface area (Å²) in [6.45, 7) is 1.07. The van der Waals surface area contributed by atoms with Crippen LogP contribution in [0.25, 0.3) is 0 Å². The van der Waals surface area contributed by atoms with Gasteiger partial charge >= 0.3 is 0 Å². The summed E-state index contributed by atoms with van der Waals surface area (Å²) in [5.74, 6) is -0.138. The number of nitrogens with zero attached hydrogens (tertiary/aromatic N) is 2. The van der Waals surface area contributed by atoms with Crippen LogP contribution in [0, 0.1) is 5.92 Å². The van der Waals surface area contributed by atoms with E-state index in [9.17, 15) is 9.59 Å². The van der Waals surface area contributed by atoms with Crippen LogP contribution in [0.3, 0.4) is 0 Å². The zero-order chi connectivity index (χ0) is 13.3. The van der Waals surface area contributed by atoms with E-state index in [0.29, 0.717) is 19.5 Å². The SMILES string of the molecule is CN1C[C@H](C(=O)N(C)Cc2ccc(Cl)s2)CC1=O. The molecule has 0 N–H and O–H groups in total. The summed E-state index contributed by atoms with van der Waals surface area (Å²) in [6.07, 6.45) is 0.324. The van der Waals surface area contributed by atoms with Crippen molar-refractivity contribution in [1.82, 2.24) is 9.80 Å². The Kier molecular flexibility index (Phi) is 3.92. The second-order valence-electron chi connectivity index (χ2n) is 4.58. The minimum atomic E-state index is -0.206. The number of hydrogen-bond acceptors (Lipinski definition) is 3. The smallest absolute Gasteiger partial charge is 0.228 e. The molecule has 4 nitrogen and oxygen atoms in total.